The van der Waals surface area contributed by atoms with E-state index in [4.69, 9.17) is 10.6 Å². The predicted molar refractivity (Wildman–Crippen MR) is 25.3 cm³/mol. The summed E-state index contributed by atoms with van der Waals surface area (Å²) in [6.07, 6.45) is 0.0599. The average Bonchev–Trinajstić information content (AvgIpc) is 1.68. The van der Waals surface area contributed by atoms with Gasteiger partial charge in [-0.2, -0.15) is 0 Å². The zero-order valence-electron chi connectivity index (χ0n) is 3.65. The number of rotatable bonds is 2. The van der Waals surface area contributed by atoms with Crippen LogP contribution in [0.1, 0.15) is 0 Å². The maximum Gasteiger partial charge on any atom is 0.151 e. The van der Waals surface area contributed by atoms with Crippen LogP contribution in [-0.4, -0.2) is 11.3 Å². The average molecular weight is 99.1 g/mol. The molecule has 0 saturated heterocycles. The molecule has 0 aromatic carbocycles. The van der Waals surface area contributed by atoms with Crippen molar-refractivity contribution in [3.63, 3.8) is 0 Å². The molecule has 0 bridgehead atoms. The molecule has 38 valence electrons. The van der Waals surface area contributed by atoms with Gasteiger partial charge in [-0.3, -0.25) is 0 Å². The lowest BCUT2D eigenvalue weighted by Crippen LogP contribution is -1.91. The Morgan fingerprint density at radius 2 is 2.57 bits per heavy atom. The van der Waals surface area contributed by atoms with E-state index in [-0.39, 0.29) is 0 Å². The molecule has 4 nitrogen and oxygen atoms in total. The van der Waals surface area contributed by atoms with Crippen LogP contribution in [-0.2, 0) is 0 Å². The van der Waals surface area contributed by atoms with E-state index in [1.165, 1.54) is 0 Å². The van der Waals surface area contributed by atoms with E-state index in [0.29, 0.717) is 0 Å². The van der Waals surface area contributed by atoms with Gasteiger partial charge >= 0.3 is 0 Å². The van der Waals surface area contributed by atoms with Crippen molar-refractivity contribution in [3.8, 4) is 0 Å². The Hall–Kier alpha value is -0.990. The molecule has 0 aliphatic carbocycles. The summed E-state index contributed by atoms with van der Waals surface area (Å²) in [6, 6.07) is 0. The summed E-state index contributed by atoms with van der Waals surface area (Å²) in [7, 11) is 0. The van der Waals surface area contributed by atoms with Crippen LogP contribution in [0.3, 0.4) is 0 Å². The van der Waals surface area contributed by atoms with Crippen molar-refractivity contribution >= 4 is 0 Å². The third-order valence-corrected chi connectivity index (χ3v) is 0.381. The SMILES string of the molecule is C=CC(O)N=[N+]=[N-]. The zero-order valence-corrected chi connectivity index (χ0v) is 3.65. The summed E-state index contributed by atoms with van der Waals surface area (Å²) in [5.41, 5.74) is 7.62. The fourth-order valence-electron chi connectivity index (χ4n) is 0.100. The number of azide groups is 1. The zero-order chi connectivity index (χ0) is 5.70. The smallest absolute Gasteiger partial charge is 0.151 e. The summed E-state index contributed by atoms with van der Waals surface area (Å²) in [5, 5.41) is 11.2. The monoisotopic (exact) mass is 99.0 g/mol. The Bertz CT molecular complexity index is 105. The van der Waals surface area contributed by atoms with Crippen LogP contribution in [0.5, 0.6) is 0 Å². The lowest BCUT2D eigenvalue weighted by atomic mass is 10.6. The van der Waals surface area contributed by atoms with Crippen molar-refractivity contribution in [2.24, 2.45) is 5.11 Å². The largest absolute Gasteiger partial charge is 0.383 e. The van der Waals surface area contributed by atoms with Crippen molar-refractivity contribution in [1.29, 1.82) is 0 Å². The summed E-state index contributed by atoms with van der Waals surface area (Å²) in [5.74, 6) is 0. The minimum absolute atomic E-state index is 1.08. The molecule has 0 spiro atoms. The molecule has 1 unspecified atom stereocenters. The van der Waals surface area contributed by atoms with E-state index in [2.05, 4.69) is 16.6 Å². The van der Waals surface area contributed by atoms with Gasteiger partial charge in [0.15, 0.2) is 6.23 Å². The molecule has 0 saturated carbocycles. The Morgan fingerprint density at radius 3 is 2.71 bits per heavy atom. The minimum Gasteiger partial charge on any atom is -0.383 e. The van der Waals surface area contributed by atoms with Gasteiger partial charge in [0.1, 0.15) is 0 Å². The van der Waals surface area contributed by atoms with Crippen LogP contribution in [0, 0.1) is 0 Å². The third kappa shape index (κ3) is 2.82. The molecule has 1 atom stereocenters. The van der Waals surface area contributed by atoms with Crippen molar-refractivity contribution in [2.75, 3.05) is 0 Å². The first-order chi connectivity index (χ1) is 3.31. The molecule has 0 aromatic rings. The molecule has 1 N–H and O–H groups in total. The van der Waals surface area contributed by atoms with Crippen LogP contribution in [0.25, 0.3) is 10.4 Å². The van der Waals surface area contributed by atoms with Gasteiger partial charge < -0.3 is 5.11 Å². The number of aliphatic hydroxyl groups is 1. The minimum atomic E-state index is -1.08. The normalized spacial score (nSPS) is 11.6. The van der Waals surface area contributed by atoms with Crippen molar-refractivity contribution in [1.82, 2.24) is 0 Å². The molecule has 0 amide bonds. The Morgan fingerprint density at radius 1 is 2.00 bits per heavy atom. The molecule has 4 heteroatoms. The van der Waals surface area contributed by atoms with E-state index < -0.39 is 6.23 Å². The second-order valence-corrected chi connectivity index (χ2v) is 0.854. The van der Waals surface area contributed by atoms with Gasteiger partial charge in [0.25, 0.3) is 0 Å². The van der Waals surface area contributed by atoms with E-state index in [9.17, 15) is 0 Å². The number of nitrogens with zero attached hydrogens (tertiary/aromatic N) is 3. The van der Waals surface area contributed by atoms with Gasteiger partial charge in [0, 0.05) is 4.91 Å². The maximum atomic E-state index is 8.32. The summed E-state index contributed by atoms with van der Waals surface area (Å²) in [4.78, 5) is 2.31. The highest BCUT2D eigenvalue weighted by Gasteiger charge is 1.84. The lowest BCUT2D eigenvalue weighted by Gasteiger charge is -1.86. The fraction of sp³-hybridized carbons (Fsp3) is 0.333. The second kappa shape index (κ2) is 3.21. The number of hydrogen-bond acceptors (Lipinski definition) is 2. The van der Waals surface area contributed by atoms with Gasteiger partial charge in [-0.15, -0.1) is 6.58 Å². The quantitative estimate of drug-likeness (QED) is 0.236. The molecular formula is C3H5N3O. The van der Waals surface area contributed by atoms with Gasteiger partial charge in [0.05, 0.1) is 0 Å². The van der Waals surface area contributed by atoms with E-state index in [1.807, 2.05) is 0 Å². The van der Waals surface area contributed by atoms with Crippen molar-refractivity contribution < 1.29 is 5.11 Å². The first-order valence-electron chi connectivity index (χ1n) is 1.66. The highest BCUT2D eigenvalue weighted by molar-refractivity contribution is 4.75. The van der Waals surface area contributed by atoms with Crippen molar-refractivity contribution in [2.45, 2.75) is 6.23 Å². The Balaban J connectivity index is 3.56. The first-order valence-corrected chi connectivity index (χ1v) is 1.66. The fourth-order valence-corrected chi connectivity index (χ4v) is 0.100. The number of hydrogen-bond donors (Lipinski definition) is 1. The molecule has 7 heavy (non-hydrogen) atoms. The Labute approximate surface area is 40.7 Å². The molecule has 0 fully saturated rings. The van der Waals surface area contributed by atoms with Crippen LogP contribution in [0.4, 0.5) is 0 Å². The van der Waals surface area contributed by atoms with Crippen LogP contribution >= 0.6 is 0 Å². The molecule has 0 rings (SSSR count). The van der Waals surface area contributed by atoms with E-state index in [1.54, 1.807) is 0 Å². The van der Waals surface area contributed by atoms with E-state index >= 15 is 0 Å². The molecule has 0 radical (unpaired) electrons. The summed E-state index contributed by atoms with van der Waals surface area (Å²) < 4.78 is 0. The van der Waals surface area contributed by atoms with E-state index in [0.717, 1.165) is 6.08 Å². The molecule has 0 aromatic heterocycles. The van der Waals surface area contributed by atoms with Crippen LogP contribution < -0.4 is 0 Å². The predicted octanol–water partition coefficient (Wildman–Crippen LogP) is 0.801. The van der Waals surface area contributed by atoms with Crippen LogP contribution in [0.15, 0.2) is 17.8 Å². The highest BCUT2D eigenvalue weighted by atomic mass is 16.3. The van der Waals surface area contributed by atoms with Gasteiger partial charge in [-0.25, -0.2) is 0 Å². The summed E-state index contributed by atoms with van der Waals surface area (Å²) in [6.45, 7) is 3.16. The summed E-state index contributed by atoms with van der Waals surface area (Å²) >= 11 is 0. The first kappa shape index (κ1) is 6.01. The van der Waals surface area contributed by atoms with Gasteiger partial charge in [-0.1, -0.05) is 11.2 Å². The highest BCUT2D eigenvalue weighted by Crippen LogP contribution is 1.82. The second-order valence-electron chi connectivity index (χ2n) is 0.854. The van der Waals surface area contributed by atoms with Crippen molar-refractivity contribution in [3.05, 3.63) is 23.1 Å². The molecular weight excluding hydrogens is 94.1 g/mol. The lowest BCUT2D eigenvalue weighted by molar-refractivity contribution is 0.232. The van der Waals surface area contributed by atoms with Crippen LogP contribution in [0.2, 0.25) is 0 Å². The topological polar surface area (TPSA) is 69.0 Å². The van der Waals surface area contributed by atoms with Gasteiger partial charge in [0.2, 0.25) is 0 Å². The number of aliphatic hydroxyl groups excluding tert-OH is 1. The maximum absolute atomic E-state index is 8.32. The third-order valence-electron chi connectivity index (χ3n) is 0.381. The standard InChI is InChI=1S/C3H5N3O/c1-2-3(7)5-6-4/h2-3,7H,1H2. The molecule has 0 aliphatic heterocycles. The molecule has 0 aliphatic rings. The Kier molecular flexibility index (Phi) is 2.76. The van der Waals surface area contributed by atoms with Gasteiger partial charge in [-0.05, 0) is 5.53 Å². The molecule has 0 heterocycles.